The molecule has 1 aliphatic heterocycles. The summed E-state index contributed by atoms with van der Waals surface area (Å²) in [5.41, 5.74) is 0. The molecule has 0 saturated carbocycles. The van der Waals surface area contributed by atoms with E-state index in [0.717, 1.165) is 39.1 Å². The van der Waals surface area contributed by atoms with Gasteiger partial charge in [-0.25, -0.2) is 0 Å². The normalized spacial score (nSPS) is 18.3. The van der Waals surface area contributed by atoms with Crippen molar-refractivity contribution in [3.63, 3.8) is 0 Å². The number of amides is 2. The van der Waals surface area contributed by atoms with Gasteiger partial charge in [-0.05, 0) is 0 Å². The summed E-state index contributed by atoms with van der Waals surface area (Å²) in [5, 5.41) is 2.62. The van der Waals surface area contributed by atoms with E-state index in [0.29, 0.717) is 13.0 Å². The molecule has 5 nitrogen and oxygen atoms in total. The van der Waals surface area contributed by atoms with Crippen LogP contribution in [-0.4, -0.2) is 61.9 Å². The number of piperazine rings is 1. The van der Waals surface area contributed by atoms with E-state index in [2.05, 4.69) is 10.2 Å². The third kappa shape index (κ3) is 3.42. The Labute approximate surface area is 77.7 Å². The second-order valence-corrected chi connectivity index (χ2v) is 3.05. The molecule has 5 heteroatoms. The highest BCUT2D eigenvalue weighted by Gasteiger charge is 2.13. The van der Waals surface area contributed by atoms with Gasteiger partial charge in [0.1, 0.15) is 0 Å². The highest BCUT2D eigenvalue weighted by Crippen LogP contribution is 1.97. The molecule has 13 heavy (non-hydrogen) atoms. The van der Waals surface area contributed by atoms with Crippen molar-refractivity contribution >= 4 is 12.8 Å². The highest BCUT2D eigenvalue weighted by molar-refractivity contribution is 5.47. The molecule has 0 unspecified atom stereocenters. The predicted molar refractivity (Wildman–Crippen MR) is 48.1 cm³/mol. The molecule has 1 aliphatic rings. The molecule has 0 atom stereocenters. The molecule has 0 aromatic carbocycles. The van der Waals surface area contributed by atoms with E-state index in [1.807, 2.05) is 0 Å². The fraction of sp³-hybridized carbons (Fsp3) is 0.750. The van der Waals surface area contributed by atoms with Crippen molar-refractivity contribution in [3.05, 3.63) is 0 Å². The smallest absolute Gasteiger partial charge is 0.209 e. The van der Waals surface area contributed by atoms with Crippen LogP contribution in [0.5, 0.6) is 0 Å². The van der Waals surface area contributed by atoms with Crippen LogP contribution in [0.25, 0.3) is 0 Å². The lowest BCUT2D eigenvalue weighted by Gasteiger charge is -2.32. The van der Waals surface area contributed by atoms with E-state index < -0.39 is 0 Å². The van der Waals surface area contributed by atoms with E-state index in [1.54, 1.807) is 4.90 Å². The highest BCUT2D eigenvalue weighted by atomic mass is 16.1. The molecule has 0 bridgehead atoms. The summed E-state index contributed by atoms with van der Waals surface area (Å²) in [6.07, 6.45) is 1.60. The summed E-state index contributed by atoms with van der Waals surface area (Å²) >= 11 is 0. The van der Waals surface area contributed by atoms with Gasteiger partial charge in [0.05, 0.1) is 0 Å². The van der Waals surface area contributed by atoms with Gasteiger partial charge in [0.2, 0.25) is 12.8 Å². The fourth-order valence-electron chi connectivity index (χ4n) is 1.37. The monoisotopic (exact) mass is 185 g/mol. The minimum atomic E-state index is 0.685. The lowest BCUT2D eigenvalue weighted by Crippen LogP contribution is -2.47. The van der Waals surface area contributed by atoms with Crippen molar-refractivity contribution < 1.29 is 9.59 Å². The molecule has 0 radical (unpaired) electrons. The molecule has 2 amide bonds. The molecule has 0 aliphatic carbocycles. The second-order valence-electron chi connectivity index (χ2n) is 3.05. The zero-order chi connectivity index (χ0) is 9.52. The summed E-state index contributed by atoms with van der Waals surface area (Å²) in [4.78, 5) is 24.3. The molecule has 74 valence electrons. The minimum Gasteiger partial charge on any atom is -0.357 e. The average Bonchev–Trinajstić information content (AvgIpc) is 2.19. The first-order valence-electron chi connectivity index (χ1n) is 4.45. The summed E-state index contributed by atoms with van der Waals surface area (Å²) < 4.78 is 0. The van der Waals surface area contributed by atoms with Crippen LogP contribution < -0.4 is 5.32 Å². The molecule has 0 aromatic rings. The zero-order valence-electron chi connectivity index (χ0n) is 7.61. The molecule has 0 aromatic heterocycles. The van der Waals surface area contributed by atoms with E-state index >= 15 is 0 Å². The first kappa shape index (κ1) is 9.98. The van der Waals surface area contributed by atoms with Gasteiger partial charge in [-0.3, -0.25) is 14.5 Å². The van der Waals surface area contributed by atoms with Crippen LogP contribution in [0.1, 0.15) is 0 Å². The Hall–Kier alpha value is -1.10. The van der Waals surface area contributed by atoms with Crippen LogP contribution in [-0.2, 0) is 9.59 Å². The van der Waals surface area contributed by atoms with Crippen molar-refractivity contribution in [2.45, 2.75) is 0 Å². The molecule has 1 saturated heterocycles. The quantitative estimate of drug-likeness (QED) is 0.419. The van der Waals surface area contributed by atoms with Crippen LogP contribution in [0.4, 0.5) is 0 Å². The van der Waals surface area contributed by atoms with Gasteiger partial charge in [0.25, 0.3) is 0 Å². The number of carbonyl (C=O) groups is 2. The minimum absolute atomic E-state index is 0.685. The molecule has 1 rings (SSSR count). The van der Waals surface area contributed by atoms with E-state index in [1.165, 1.54) is 0 Å². The van der Waals surface area contributed by atoms with E-state index in [-0.39, 0.29) is 0 Å². The van der Waals surface area contributed by atoms with Crippen LogP contribution in [0.3, 0.4) is 0 Å². The van der Waals surface area contributed by atoms with Crippen molar-refractivity contribution in [2.75, 3.05) is 39.3 Å². The Balaban J connectivity index is 2.10. The number of nitrogens with one attached hydrogen (secondary N) is 1. The summed E-state index contributed by atoms with van der Waals surface area (Å²) in [6.45, 7) is 4.95. The lowest BCUT2D eigenvalue weighted by atomic mass is 10.3. The Morgan fingerprint density at radius 3 is 2.38 bits per heavy atom. The summed E-state index contributed by atoms with van der Waals surface area (Å²) in [5.74, 6) is 0. The van der Waals surface area contributed by atoms with E-state index in [4.69, 9.17) is 0 Å². The van der Waals surface area contributed by atoms with Crippen molar-refractivity contribution in [2.24, 2.45) is 0 Å². The summed E-state index contributed by atoms with van der Waals surface area (Å²) in [7, 11) is 0. The lowest BCUT2D eigenvalue weighted by molar-refractivity contribution is -0.119. The Morgan fingerprint density at radius 1 is 1.15 bits per heavy atom. The van der Waals surface area contributed by atoms with Gasteiger partial charge in [0, 0.05) is 39.3 Å². The number of rotatable bonds is 5. The first-order chi connectivity index (χ1) is 6.36. The number of hydrogen-bond donors (Lipinski definition) is 1. The first-order valence-corrected chi connectivity index (χ1v) is 4.45. The van der Waals surface area contributed by atoms with Crippen LogP contribution >= 0.6 is 0 Å². The third-order valence-corrected chi connectivity index (χ3v) is 2.21. The van der Waals surface area contributed by atoms with Crippen molar-refractivity contribution in [1.29, 1.82) is 0 Å². The van der Waals surface area contributed by atoms with E-state index in [9.17, 15) is 9.59 Å². The number of nitrogens with zero attached hydrogens (tertiary/aromatic N) is 2. The fourth-order valence-corrected chi connectivity index (χ4v) is 1.37. The van der Waals surface area contributed by atoms with Gasteiger partial charge in [-0.15, -0.1) is 0 Å². The zero-order valence-corrected chi connectivity index (χ0v) is 7.61. The maximum absolute atomic E-state index is 10.4. The average molecular weight is 185 g/mol. The molecule has 1 fully saturated rings. The van der Waals surface area contributed by atoms with Gasteiger partial charge in [0.15, 0.2) is 0 Å². The van der Waals surface area contributed by atoms with Crippen LogP contribution in [0.2, 0.25) is 0 Å². The van der Waals surface area contributed by atoms with Crippen LogP contribution in [0.15, 0.2) is 0 Å². The maximum Gasteiger partial charge on any atom is 0.209 e. The van der Waals surface area contributed by atoms with Crippen LogP contribution in [0, 0.1) is 0 Å². The third-order valence-electron chi connectivity index (χ3n) is 2.21. The summed E-state index contributed by atoms with van der Waals surface area (Å²) in [6, 6.07) is 0. The molecule has 1 N–H and O–H groups in total. The van der Waals surface area contributed by atoms with Crippen molar-refractivity contribution in [1.82, 2.24) is 15.1 Å². The maximum atomic E-state index is 10.4. The second kappa shape index (κ2) is 5.53. The Bertz CT molecular complexity index is 164. The Kier molecular flexibility index (Phi) is 4.25. The van der Waals surface area contributed by atoms with Gasteiger partial charge in [-0.2, -0.15) is 0 Å². The number of hydrogen-bond acceptors (Lipinski definition) is 3. The molecule has 1 heterocycles. The van der Waals surface area contributed by atoms with Gasteiger partial charge >= 0.3 is 0 Å². The largest absolute Gasteiger partial charge is 0.357 e. The van der Waals surface area contributed by atoms with Gasteiger partial charge in [-0.1, -0.05) is 0 Å². The molecular weight excluding hydrogens is 170 g/mol. The topological polar surface area (TPSA) is 52.7 Å². The Morgan fingerprint density at radius 2 is 1.85 bits per heavy atom. The SMILES string of the molecule is O=CNCCN1CCN(C=O)CC1. The van der Waals surface area contributed by atoms with Gasteiger partial charge < -0.3 is 10.2 Å². The molecular formula is C8H15N3O2. The predicted octanol–water partition coefficient (Wildman–Crippen LogP) is -1.49. The number of carbonyl (C=O) groups excluding carboxylic acids is 2. The van der Waals surface area contributed by atoms with Crippen molar-refractivity contribution in [3.8, 4) is 0 Å². The standard InChI is InChI=1S/C8H15N3O2/c12-7-9-1-2-10-3-5-11(8-13)6-4-10/h7-8H,1-6H2,(H,9,12). The molecule has 0 spiro atoms.